The van der Waals surface area contributed by atoms with Crippen molar-refractivity contribution in [2.75, 3.05) is 13.2 Å². The van der Waals surface area contributed by atoms with Gasteiger partial charge in [-0.1, -0.05) is 12.1 Å². The van der Waals surface area contributed by atoms with Crippen molar-refractivity contribution in [2.45, 2.75) is 18.9 Å². The first kappa shape index (κ1) is 26.2. The normalized spacial score (nSPS) is 14.7. The Morgan fingerprint density at radius 2 is 1.57 bits per heavy atom. The average Bonchev–Trinajstić information content (AvgIpc) is 3.23. The maximum atomic E-state index is 13.3. The van der Waals surface area contributed by atoms with Gasteiger partial charge >= 0.3 is 6.09 Å². The number of imide groups is 1. The summed E-state index contributed by atoms with van der Waals surface area (Å²) in [5.74, 6) is -1.88. The highest BCUT2D eigenvalue weighted by atomic mass is 16.6. The summed E-state index contributed by atoms with van der Waals surface area (Å²) < 4.78 is 22.2. The molecule has 0 aliphatic carbocycles. The number of rotatable bonds is 9. The minimum atomic E-state index is -0.868. The molecule has 1 aliphatic rings. The fourth-order valence-corrected chi connectivity index (χ4v) is 4.14. The Hall–Kier alpha value is -5.39. The van der Waals surface area contributed by atoms with Crippen LogP contribution in [0.4, 0.5) is 4.79 Å². The van der Waals surface area contributed by atoms with Gasteiger partial charge in [-0.15, -0.1) is 0 Å². The Bertz CT molecular complexity index is 1660. The van der Waals surface area contributed by atoms with E-state index in [1.807, 2.05) is 0 Å². The van der Waals surface area contributed by atoms with Gasteiger partial charge in [-0.3, -0.25) is 14.9 Å². The molecule has 206 valence electrons. The van der Waals surface area contributed by atoms with E-state index in [1.165, 1.54) is 18.2 Å². The van der Waals surface area contributed by atoms with Gasteiger partial charge in [-0.05, 0) is 35.9 Å². The molecule has 5 rings (SSSR count). The maximum Gasteiger partial charge on any atom is 0.414 e. The predicted molar refractivity (Wildman–Crippen MR) is 139 cm³/mol. The molecule has 1 saturated heterocycles. The summed E-state index contributed by atoms with van der Waals surface area (Å²) in [6, 6.07) is 12.9. The van der Waals surface area contributed by atoms with Crippen LogP contribution in [0.3, 0.4) is 0 Å². The number of phenols is 4. The number of aromatic hydroxyl groups is 4. The summed E-state index contributed by atoms with van der Waals surface area (Å²) in [6.45, 7) is 0.238. The lowest BCUT2D eigenvalue weighted by atomic mass is 10.1. The Morgan fingerprint density at radius 3 is 2.27 bits per heavy atom. The molecule has 12 heteroatoms. The van der Waals surface area contributed by atoms with Gasteiger partial charge in [0.2, 0.25) is 11.2 Å². The quantitative estimate of drug-likeness (QED) is 0.152. The Morgan fingerprint density at radius 1 is 0.825 bits per heavy atom. The number of hydrogen-bond donors (Lipinski definition) is 5. The van der Waals surface area contributed by atoms with E-state index in [-0.39, 0.29) is 59.2 Å². The molecular weight excluding hydrogens is 526 g/mol. The number of fused-ring (bicyclic) bond motifs is 1. The van der Waals surface area contributed by atoms with Crippen molar-refractivity contribution in [3.63, 3.8) is 0 Å². The summed E-state index contributed by atoms with van der Waals surface area (Å²) in [4.78, 5) is 36.1. The highest BCUT2D eigenvalue weighted by Gasteiger charge is 2.32. The third-order valence-electron chi connectivity index (χ3n) is 6.07. The van der Waals surface area contributed by atoms with Gasteiger partial charge in [-0.2, -0.15) is 0 Å². The number of alkyl carbamates (subject to hydrolysis) is 1. The Balaban J connectivity index is 1.26. The highest BCUT2D eigenvalue weighted by Crippen LogP contribution is 2.38. The van der Waals surface area contributed by atoms with E-state index >= 15 is 0 Å². The third kappa shape index (κ3) is 5.41. The number of cyclic esters (lactones) is 1. The van der Waals surface area contributed by atoms with Gasteiger partial charge in [0, 0.05) is 30.5 Å². The van der Waals surface area contributed by atoms with Gasteiger partial charge < -0.3 is 39.1 Å². The van der Waals surface area contributed by atoms with Crippen LogP contribution in [-0.4, -0.2) is 51.7 Å². The number of benzene rings is 3. The van der Waals surface area contributed by atoms with Crippen LogP contribution in [0.1, 0.15) is 12.0 Å². The largest absolute Gasteiger partial charge is 0.508 e. The summed E-state index contributed by atoms with van der Waals surface area (Å²) >= 11 is 0. The lowest BCUT2D eigenvalue weighted by Crippen LogP contribution is -2.25. The second-order valence-corrected chi connectivity index (χ2v) is 8.91. The summed E-state index contributed by atoms with van der Waals surface area (Å²) in [5.41, 5.74) is 0.196. The van der Waals surface area contributed by atoms with Crippen molar-refractivity contribution >= 4 is 23.0 Å². The molecule has 12 nitrogen and oxygen atoms in total. The number of hydrogen-bond acceptors (Lipinski definition) is 11. The number of nitrogens with one attached hydrogen (secondary N) is 1. The maximum absolute atomic E-state index is 13.3. The predicted octanol–water partition coefficient (Wildman–Crippen LogP) is 3.31. The van der Waals surface area contributed by atoms with Crippen molar-refractivity contribution in [2.24, 2.45) is 0 Å². The molecule has 0 radical (unpaired) electrons. The number of ether oxygens (including phenoxy) is 3. The van der Waals surface area contributed by atoms with Crippen LogP contribution in [0.15, 0.2) is 63.8 Å². The van der Waals surface area contributed by atoms with Crippen LogP contribution < -0.4 is 20.2 Å². The van der Waals surface area contributed by atoms with Crippen LogP contribution in [-0.2, 0) is 16.0 Å². The summed E-state index contributed by atoms with van der Waals surface area (Å²) in [6.07, 6.45) is -1.05. The first-order chi connectivity index (χ1) is 19.2. The van der Waals surface area contributed by atoms with Gasteiger partial charge in [0.1, 0.15) is 28.2 Å². The van der Waals surface area contributed by atoms with E-state index in [1.54, 1.807) is 24.3 Å². The zero-order valence-corrected chi connectivity index (χ0v) is 20.7. The molecule has 1 aliphatic heterocycles. The van der Waals surface area contributed by atoms with E-state index in [2.05, 4.69) is 5.32 Å². The van der Waals surface area contributed by atoms with Crippen LogP contribution in [0.25, 0.3) is 22.3 Å². The zero-order valence-electron chi connectivity index (χ0n) is 20.7. The van der Waals surface area contributed by atoms with E-state index in [0.717, 1.165) is 17.7 Å². The molecule has 5 N–H and O–H groups in total. The molecule has 2 amide bonds. The van der Waals surface area contributed by atoms with Crippen molar-refractivity contribution in [1.29, 1.82) is 0 Å². The first-order valence-corrected chi connectivity index (χ1v) is 12.1. The molecule has 1 fully saturated rings. The van der Waals surface area contributed by atoms with Crippen molar-refractivity contribution in [3.8, 4) is 45.8 Å². The third-order valence-corrected chi connectivity index (χ3v) is 6.07. The minimum absolute atomic E-state index is 0.0203. The average molecular weight is 549 g/mol. The van der Waals surface area contributed by atoms with Gasteiger partial charge in [-0.25, -0.2) is 4.79 Å². The molecule has 40 heavy (non-hydrogen) atoms. The molecule has 1 unspecified atom stereocenters. The van der Waals surface area contributed by atoms with Crippen molar-refractivity contribution in [1.82, 2.24) is 5.32 Å². The topological polar surface area (TPSA) is 185 Å². The van der Waals surface area contributed by atoms with Crippen molar-refractivity contribution < 1.29 is 48.6 Å². The molecule has 0 spiro atoms. The Kier molecular flexibility index (Phi) is 7.06. The number of carbonyl (C=O) groups is 2. The van der Waals surface area contributed by atoms with E-state index in [9.17, 15) is 34.8 Å². The lowest BCUT2D eigenvalue weighted by Gasteiger charge is -2.13. The summed E-state index contributed by atoms with van der Waals surface area (Å²) in [5, 5.41) is 41.6. The van der Waals surface area contributed by atoms with Crippen LogP contribution >= 0.6 is 0 Å². The molecular formula is C28H23NO11. The standard InChI is InChI=1S/C28H23NO11/c30-16-12-20(33)23-21(13-16)39-25(15-4-7-18(31)19(32)11-15)26(24(23)34)38-9-1-8-37-17-5-2-14(3-6-17)10-22-27(35)29-28(36)40-22/h2-7,11-13,22,30-33H,1,8-10H2,(H,29,35,36). The van der Waals surface area contributed by atoms with Gasteiger partial charge in [0.05, 0.1) is 13.2 Å². The Labute approximate surface area is 225 Å². The lowest BCUT2D eigenvalue weighted by molar-refractivity contribution is -0.123. The monoisotopic (exact) mass is 549 g/mol. The molecule has 0 saturated carbocycles. The molecule has 1 atom stereocenters. The number of amides is 2. The second-order valence-electron chi connectivity index (χ2n) is 8.91. The molecule has 1 aromatic heterocycles. The zero-order chi connectivity index (χ0) is 28.4. The molecule has 3 aromatic carbocycles. The van der Waals surface area contributed by atoms with Crippen LogP contribution in [0, 0.1) is 0 Å². The first-order valence-electron chi connectivity index (χ1n) is 12.1. The number of carbonyl (C=O) groups excluding carboxylic acids is 2. The molecule has 4 aromatic rings. The van der Waals surface area contributed by atoms with E-state index in [4.69, 9.17) is 18.6 Å². The molecule has 2 heterocycles. The van der Waals surface area contributed by atoms with Crippen molar-refractivity contribution in [3.05, 3.63) is 70.4 Å². The summed E-state index contributed by atoms with van der Waals surface area (Å²) in [7, 11) is 0. The van der Waals surface area contributed by atoms with Crippen LogP contribution in [0.2, 0.25) is 0 Å². The van der Waals surface area contributed by atoms with Gasteiger partial charge in [0.15, 0.2) is 23.4 Å². The van der Waals surface area contributed by atoms with Crippen LogP contribution in [0.5, 0.6) is 34.5 Å². The van der Waals surface area contributed by atoms with Gasteiger partial charge in [0.25, 0.3) is 5.91 Å². The fourth-order valence-electron chi connectivity index (χ4n) is 4.14. The smallest absolute Gasteiger partial charge is 0.414 e. The second kappa shape index (κ2) is 10.8. The number of phenolic OH excluding ortho intramolecular Hbond substituents is 4. The van der Waals surface area contributed by atoms with E-state index < -0.39 is 35.0 Å². The van der Waals surface area contributed by atoms with E-state index in [0.29, 0.717) is 12.2 Å². The highest BCUT2D eigenvalue weighted by molar-refractivity contribution is 6.00. The SMILES string of the molecule is O=C1NC(=O)C(Cc2ccc(OCCCOc3c(-c4ccc(O)c(O)c4)oc4cc(O)cc(O)c4c3=O)cc2)O1. The fraction of sp³-hybridized carbons (Fsp3) is 0.179. The molecule has 0 bridgehead atoms. The minimum Gasteiger partial charge on any atom is -0.508 e.